The standard InChI is InChI=1S/C25H30F3NO6/c1-16(34-24(32)25(27,28)22(26)23(30)31)14-21(29(2)3)35-20-11-6-5-9-18(20)13-12-17-8-7-10-19(15-17)33-4/h5-11,15-16,21-22H,12-14H2,1-4H3,(H,30,31)/t16?,21-,22-/m0/s1. The van der Waals surface area contributed by atoms with Gasteiger partial charge in [0.1, 0.15) is 17.6 Å². The molecule has 0 aliphatic rings. The molecule has 0 amide bonds. The Balaban J connectivity index is 2.07. The van der Waals surface area contributed by atoms with Crippen molar-refractivity contribution >= 4 is 11.9 Å². The smallest absolute Gasteiger partial charge is 0.384 e. The van der Waals surface area contributed by atoms with Gasteiger partial charge in [-0.05, 0) is 63.2 Å². The fourth-order valence-corrected chi connectivity index (χ4v) is 3.30. The van der Waals surface area contributed by atoms with Crippen LogP contribution in [0.15, 0.2) is 48.5 Å². The molecular weight excluding hydrogens is 467 g/mol. The van der Waals surface area contributed by atoms with Crippen LogP contribution in [0.5, 0.6) is 11.5 Å². The summed E-state index contributed by atoms with van der Waals surface area (Å²) in [6.07, 6.45) is -4.12. The number of para-hydroxylation sites is 1. The van der Waals surface area contributed by atoms with E-state index in [1.807, 2.05) is 36.4 Å². The van der Waals surface area contributed by atoms with Crippen LogP contribution in [0.2, 0.25) is 0 Å². The quantitative estimate of drug-likeness (QED) is 0.329. The maximum absolute atomic E-state index is 13.7. The number of methoxy groups -OCH3 is 1. The van der Waals surface area contributed by atoms with Crippen LogP contribution in [-0.4, -0.2) is 67.6 Å². The zero-order chi connectivity index (χ0) is 26.2. The predicted octanol–water partition coefficient (Wildman–Crippen LogP) is 4.13. The van der Waals surface area contributed by atoms with Gasteiger partial charge in [-0.1, -0.05) is 30.3 Å². The van der Waals surface area contributed by atoms with Gasteiger partial charge in [-0.3, -0.25) is 4.90 Å². The average Bonchev–Trinajstić information content (AvgIpc) is 2.82. The molecular formula is C25H30F3NO6. The first-order chi connectivity index (χ1) is 16.4. The van der Waals surface area contributed by atoms with Crippen LogP contribution in [-0.2, 0) is 27.2 Å². The Bertz CT molecular complexity index is 1000. The second kappa shape index (κ2) is 12.4. The summed E-state index contributed by atoms with van der Waals surface area (Å²) in [6, 6.07) is 15.1. The number of esters is 1. The lowest BCUT2D eigenvalue weighted by atomic mass is 10.0. The number of rotatable bonds is 13. The molecule has 0 aromatic heterocycles. The zero-order valence-electron chi connectivity index (χ0n) is 20.0. The van der Waals surface area contributed by atoms with Gasteiger partial charge in [0.05, 0.1) is 7.11 Å². The molecule has 7 nitrogen and oxygen atoms in total. The molecule has 35 heavy (non-hydrogen) atoms. The summed E-state index contributed by atoms with van der Waals surface area (Å²) >= 11 is 0. The van der Waals surface area contributed by atoms with Gasteiger partial charge in [0.2, 0.25) is 0 Å². The van der Waals surface area contributed by atoms with Gasteiger partial charge in [-0.2, -0.15) is 8.78 Å². The fraction of sp³-hybridized carbons (Fsp3) is 0.440. The molecule has 0 aliphatic carbocycles. The number of carbonyl (C=O) groups excluding carboxylic acids is 1. The van der Waals surface area contributed by atoms with E-state index < -0.39 is 36.4 Å². The molecule has 192 valence electrons. The third kappa shape index (κ3) is 7.88. The number of nitrogens with zero attached hydrogens (tertiary/aromatic N) is 1. The molecule has 0 fully saturated rings. The van der Waals surface area contributed by atoms with Crippen LogP contribution < -0.4 is 9.47 Å². The highest BCUT2D eigenvalue weighted by Gasteiger charge is 2.54. The fourth-order valence-electron chi connectivity index (χ4n) is 3.30. The Morgan fingerprint density at radius 2 is 1.77 bits per heavy atom. The number of carboxylic acid groups (broad SMARTS) is 1. The van der Waals surface area contributed by atoms with Crippen molar-refractivity contribution in [1.29, 1.82) is 0 Å². The number of hydrogen-bond donors (Lipinski definition) is 1. The molecule has 2 aromatic carbocycles. The number of hydrogen-bond acceptors (Lipinski definition) is 6. The molecule has 1 N–H and O–H groups in total. The normalized spacial score (nSPS) is 14.2. The van der Waals surface area contributed by atoms with Crippen LogP contribution in [0, 0.1) is 0 Å². The summed E-state index contributed by atoms with van der Waals surface area (Å²) < 4.78 is 56.7. The van der Waals surface area contributed by atoms with Crippen LogP contribution in [0.25, 0.3) is 0 Å². The molecule has 0 heterocycles. The van der Waals surface area contributed by atoms with Crippen molar-refractivity contribution in [3.05, 3.63) is 59.7 Å². The van der Waals surface area contributed by atoms with E-state index in [0.29, 0.717) is 12.2 Å². The summed E-state index contributed by atoms with van der Waals surface area (Å²) in [6.45, 7) is 1.34. The number of aliphatic carboxylic acids is 1. The van der Waals surface area contributed by atoms with Gasteiger partial charge >= 0.3 is 17.9 Å². The second-order valence-corrected chi connectivity index (χ2v) is 8.27. The van der Waals surface area contributed by atoms with Crippen LogP contribution >= 0.6 is 0 Å². The minimum absolute atomic E-state index is 0.0247. The lowest BCUT2D eigenvalue weighted by molar-refractivity contribution is -0.194. The van der Waals surface area contributed by atoms with Crippen LogP contribution in [0.1, 0.15) is 24.5 Å². The molecule has 0 saturated heterocycles. The number of ether oxygens (including phenoxy) is 3. The minimum atomic E-state index is -4.80. The molecule has 0 spiro atoms. The van der Waals surface area contributed by atoms with E-state index in [1.54, 1.807) is 38.2 Å². The van der Waals surface area contributed by atoms with Crippen LogP contribution in [0.3, 0.4) is 0 Å². The van der Waals surface area contributed by atoms with Gasteiger partial charge in [0.15, 0.2) is 6.23 Å². The van der Waals surface area contributed by atoms with E-state index in [-0.39, 0.29) is 6.42 Å². The predicted molar refractivity (Wildman–Crippen MR) is 123 cm³/mol. The lowest BCUT2D eigenvalue weighted by Crippen LogP contribution is -2.46. The summed E-state index contributed by atoms with van der Waals surface area (Å²) in [5, 5.41) is 8.46. The van der Waals surface area contributed by atoms with Gasteiger partial charge < -0.3 is 19.3 Å². The monoisotopic (exact) mass is 497 g/mol. The van der Waals surface area contributed by atoms with E-state index in [0.717, 1.165) is 23.3 Å². The Kier molecular flexibility index (Phi) is 9.94. The SMILES string of the molecule is COc1cccc(CCc2ccccc2O[C@@H](CC(C)OC(=O)C(F)(F)[C@@H](F)C(=O)O)N(C)C)c1. The van der Waals surface area contributed by atoms with Crippen molar-refractivity contribution in [2.24, 2.45) is 0 Å². The molecule has 0 bridgehead atoms. The maximum Gasteiger partial charge on any atom is 0.384 e. The first-order valence-electron chi connectivity index (χ1n) is 10.9. The highest BCUT2D eigenvalue weighted by atomic mass is 19.3. The number of aryl methyl sites for hydroxylation is 2. The molecule has 10 heteroatoms. The molecule has 3 atom stereocenters. The average molecular weight is 498 g/mol. The van der Waals surface area contributed by atoms with E-state index >= 15 is 0 Å². The van der Waals surface area contributed by atoms with Gasteiger partial charge in [0.25, 0.3) is 6.17 Å². The molecule has 2 rings (SSSR count). The Labute approximate surface area is 202 Å². The number of carboxylic acids is 1. The number of benzene rings is 2. The second-order valence-electron chi connectivity index (χ2n) is 8.27. The van der Waals surface area contributed by atoms with E-state index in [4.69, 9.17) is 14.6 Å². The maximum atomic E-state index is 13.7. The van der Waals surface area contributed by atoms with Crippen molar-refractivity contribution < 1.29 is 42.1 Å². The first kappa shape index (κ1) is 28.0. The number of halogens is 3. The number of alkyl halides is 3. The van der Waals surface area contributed by atoms with E-state index in [1.165, 1.54) is 6.92 Å². The highest BCUT2D eigenvalue weighted by molar-refractivity contribution is 5.87. The number of carbonyl (C=O) groups is 2. The third-order valence-corrected chi connectivity index (χ3v) is 5.28. The van der Waals surface area contributed by atoms with Crippen molar-refractivity contribution in [1.82, 2.24) is 4.90 Å². The minimum Gasteiger partial charge on any atom is -0.497 e. The topological polar surface area (TPSA) is 85.3 Å². The van der Waals surface area contributed by atoms with Gasteiger partial charge in [-0.15, -0.1) is 0 Å². The van der Waals surface area contributed by atoms with Crippen molar-refractivity contribution in [3.63, 3.8) is 0 Å². The van der Waals surface area contributed by atoms with Crippen molar-refractivity contribution in [2.45, 2.75) is 50.6 Å². The van der Waals surface area contributed by atoms with Gasteiger partial charge in [0, 0.05) is 6.42 Å². The summed E-state index contributed by atoms with van der Waals surface area (Å²) in [4.78, 5) is 23.9. The Morgan fingerprint density at radius 3 is 2.40 bits per heavy atom. The molecule has 1 unspecified atom stereocenters. The Hall–Kier alpha value is -3.27. The summed E-state index contributed by atoms with van der Waals surface area (Å²) in [7, 11) is 5.01. The molecule has 0 aliphatic heterocycles. The molecule has 0 saturated carbocycles. The van der Waals surface area contributed by atoms with Crippen molar-refractivity contribution in [2.75, 3.05) is 21.2 Å². The zero-order valence-corrected chi connectivity index (χ0v) is 20.0. The van der Waals surface area contributed by atoms with Crippen molar-refractivity contribution in [3.8, 4) is 11.5 Å². The van der Waals surface area contributed by atoms with Gasteiger partial charge in [-0.25, -0.2) is 14.0 Å². The molecule has 0 radical (unpaired) electrons. The first-order valence-corrected chi connectivity index (χ1v) is 10.9. The lowest BCUT2D eigenvalue weighted by Gasteiger charge is -2.29. The highest BCUT2D eigenvalue weighted by Crippen LogP contribution is 2.27. The molecule has 2 aromatic rings. The van der Waals surface area contributed by atoms with E-state index in [2.05, 4.69) is 4.74 Å². The largest absolute Gasteiger partial charge is 0.497 e. The van der Waals surface area contributed by atoms with E-state index in [9.17, 15) is 22.8 Å². The summed E-state index contributed by atoms with van der Waals surface area (Å²) in [5.41, 5.74) is 2.00. The summed E-state index contributed by atoms with van der Waals surface area (Å²) in [5.74, 6) is -8.15. The van der Waals surface area contributed by atoms with Crippen LogP contribution in [0.4, 0.5) is 13.2 Å². The Morgan fingerprint density at radius 1 is 1.09 bits per heavy atom. The third-order valence-electron chi connectivity index (χ3n) is 5.28.